The Hall–Kier alpha value is -2.83. The molecule has 0 saturated heterocycles. The van der Waals surface area contributed by atoms with E-state index in [2.05, 4.69) is 5.32 Å². The van der Waals surface area contributed by atoms with Crippen molar-refractivity contribution in [2.75, 3.05) is 0 Å². The fourth-order valence-electron chi connectivity index (χ4n) is 1.73. The maximum absolute atomic E-state index is 13.2. The van der Waals surface area contributed by atoms with E-state index >= 15 is 0 Å². The fourth-order valence-corrected chi connectivity index (χ4v) is 1.73. The molecule has 0 aliphatic heterocycles. The lowest BCUT2D eigenvalue weighted by Gasteiger charge is -2.06. The molecule has 1 amide bonds. The maximum atomic E-state index is 13.2. The van der Waals surface area contributed by atoms with Crippen LogP contribution in [0.2, 0.25) is 0 Å². The van der Waals surface area contributed by atoms with Crippen LogP contribution in [-0.2, 0) is 6.54 Å². The molecule has 0 radical (unpaired) electrons. The van der Waals surface area contributed by atoms with E-state index in [0.29, 0.717) is 5.56 Å². The zero-order valence-corrected chi connectivity index (χ0v) is 10.7. The average Bonchev–Trinajstić information content (AvgIpc) is 2.45. The molecule has 0 spiro atoms. The van der Waals surface area contributed by atoms with Gasteiger partial charge in [-0.05, 0) is 29.8 Å². The molecule has 5 nitrogen and oxygen atoms in total. The van der Waals surface area contributed by atoms with E-state index in [4.69, 9.17) is 0 Å². The number of carbonyl (C=O) groups excluding carboxylic acids is 1. The summed E-state index contributed by atoms with van der Waals surface area (Å²) in [5.41, 5.74) is -0.270. The molecule has 0 saturated carbocycles. The number of nitro groups is 1. The molecule has 108 valence electrons. The third kappa shape index (κ3) is 3.59. The largest absolute Gasteiger partial charge is 0.348 e. The molecule has 0 fully saturated rings. The van der Waals surface area contributed by atoms with Gasteiger partial charge in [-0.3, -0.25) is 14.9 Å². The van der Waals surface area contributed by atoms with Crippen LogP contribution < -0.4 is 5.32 Å². The zero-order valence-electron chi connectivity index (χ0n) is 10.7. The highest BCUT2D eigenvalue weighted by Crippen LogP contribution is 2.18. The van der Waals surface area contributed by atoms with E-state index in [9.17, 15) is 23.7 Å². The van der Waals surface area contributed by atoms with E-state index in [1.54, 1.807) is 6.07 Å². The van der Waals surface area contributed by atoms with Gasteiger partial charge in [0.25, 0.3) is 5.91 Å². The van der Waals surface area contributed by atoms with Crippen molar-refractivity contribution in [3.63, 3.8) is 0 Å². The SMILES string of the molecule is O=C(NCc1cccc(F)c1)c1ccc(F)c([N+](=O)[O-])c1. The van der Waals surface area contributed by atoms with Gasteiger partial charge in [-0.2, -0.15) is 4.39 Å². The number of halogens is 2. The highest BCUT2D eigenvalue weighted by atomic mass is 19.1. The van der Waals surface area contributed by atoms with Crippen molar-refractivity contribution in [2.45, 2.75) is 6.54 Å². The van der Waals surface area contributed by atoms with Gasteiger partial charge in [-0.15, -0.1) is 0 Å². The molecule has 0 aromatic heterocycles. The molecule has 2 aromatic rings. The summed E-state index contributed by atoms with van der Waals surface area (Å²) < 4.78 is 26.1. The maximum Gasteiger partial charge on any atom is 0.305 e. The Morgan fingerprint density at radius 2 is 1.95 bits per heavy atom. The monoisotopic (exact) mass is 292 g/mol. The van der Waals surface area contributed by atoms with Crippen LogP contribution >= 0.6 is 0 Å². The van der Waals surface area contributed by atoms with Crippen molar-refractivity contribution in [2.24, 2.45) is 0 Å². The predicted octanol–water partition coefficient (Wildman–Crippen LogP) is 2.80. The number of rotatable bonds is 4. The standard InChI is InChI=1S/C14H10F2N2O3/c15-11-3-1-2-9(6-11)8-17-14(19)10-4-5-12(16)13(7-10)18(20)21/h1-7H,8H2,(H,17,19). The Labute approximate surface area is 118 Å². The molecule has 1 N–H and O–H groups in total. The lowest BCUT2D eigenvalue weighted by molar-refractivity contribution is -0.387. The minimum atomic E-state index is -1.01. The van der Waals surface area contributed by atoms with Crippen LogP contribution in [0.3, 0.4) is 0 Å². The van der Waals surface area contributed by atoms with Crippen molar-refractivity contribution < 1.29 is 18.5 Å². The van der Waals surface area contributed by atoms with Crippen LogP contribution in [-0.4, -0.2) is 10.8 Å². The first-order valence-electron chi connectivity index (χ1n) is 5.94. The van der Waals surface area contributed by atoms with Gasteiger partial charge in [0.05, 0.1) is 4.92 Å². The van der Waals surface area contributed by atoms with Gasteiger partial charge < -0.3 is 5.32 Å². The molecule has 2 rings (SSSR count). The number of hydrogen-bond acceptors (Lipinski definition) is 3. The van der Waals surface area contributed by atoms with Gasteiger partial charge in [0.15, 0.2) is 0 Å². The first-order chi connectivity index (χ1) is 9.97. The van der Waals surface area contributed by atoms with Crippen molar-refractivity contribution in [3.8, 4) is 0 Å². The second kappa shape index (κ2) is 6.08. The van der Waals surface area contributed by atoms with E-state index < -0.39 is 28.2 Å². The Balaban J connectivity index is 2.10. The first-order valence-corrected chi connectivity index (χ1v) is 5.94. The topological polar surface area (TPSA) is 72.2 Å². The van der Waals surface area contributed by atoms with Crippen LogP contribution in [0, 0.1) is 21.7 Å². The smallest absolute Gasteiger partial charge is 0.305 e. The summed E-state index contributed by atoms with van der Waals surface area (Å²) in [6, 6.07) is 8.51. The van der Waals surface area contributed by atoms with Gasteiger partial charge in [0.2, 0.25) is 5.82 Å². The number of nitro benzene ring substituents is 1. The molecule has 7 heteroatoms. The molecule has 0 aliphatic carbocycles. The molecule has 0 bridgehead atoms. The lowest BCUT2D eigenvalue weighted by atomic mass is 10.1. The Bertz CT molecular complexity index is 704. The molecule has 2 aromatic carbocycles. The van der Waals surface area contributed by atoms with Crippen molar-refractivity contribution in [1.29, 1.82) is 0 Å². The van der Waals surface area contributed by atoms with Crippen LogP contribution in [0.15, 0.2) is 42.5 Å². The number of nitrogens with zero attached hydrogens (tertiary/aromatic N) is 1. The quantitative estimate of drug-likeness (QED) is 0.695. The summed E-state index contributed by atoms with van der Waals surface area (Å²) in [6.45, 7) is 0.0573. The number of amides is 1. The highest BCUT2D eigenvalue weighted by molar-refractivity contribution is 5.94. The van der Waals surface area contributed by atoms with E-state index in [-0.39, 0.29) is 12.1 Å². The van der Waals surface area contributed by atoms with E-state index in [1.807, 2.05) is 0 Å². The van der Waals surface area contributed by atoms with Crippen LogP contribution in [0.5, 0.6) is 0 Å². The third-order valence-corrected chi connectivity index (χ3v) is 2.75. The molecular formula is C14H10F2N2O3. The molecule has 0 heterocycles. The molecule has 0 atom stereocenters. The summed E-state index contributed by atoms with van der Waals surface area (Å²) in [5, 5.41) is 13.1. The second-order valence-electron chi connectivity index (χ2n) is 4.24. The fraction of sp³-hybridized carbons (Fsp3) is 0.0714. The van der Waals surface area contributed by atoms with Gasteiger partial charge in [-0.1, -0.05) is 12.1 Å². The number of hydrogen-bond donors (Lipinski definition) is 1. The summed E-state index contributed by atoms with van der Waals surface area (Å²) in [6.07, 6.45) is 0. The minimum Gasteiger partial charge on any atom is -0.348 e. The number of carbonyl (C=O) groups is 1. The summed E-state index contributed by atoms with van der Waals surface area (Å²) >= 11 is 0. The van der Waals surface area contributed by atoms with Crippen molar-refractivity contribution in [3.05, 3.63) is 75.3 Å². The van der Waals surface area contributed by atoms with Crippen LogP contribution in [0.1, 0.15) is 15.9 Å². The molecule has 0 unspecified atom stereocenters. The number of nitrogens with one attached hydrogen (secondary N) is 1. The zero-order chi connectivity index (χ0) is 15.4. The molecular weight excluding hydrogens is 282 g/mol. The van der Waals surface area contributed by atoms with Crippen LogP contribution in [0.25, 0.3) is 0 Å². The third-order valence-electron chi connectivity index (χ3n) is 2.75. The second-order valence-corrected chi connectivity index (χ2v) is 4.24. The average molecular weight is 292 g/mol. The predicted molar refractivity (Wildman–Crippen MR) is 70.6 cm³/mol. The Kier molecular flexibility index (Phi) is 4.22. The Morgan fingerprint density at radius 3 is 2.62 bits per heavy atom. The van der Waals surface area contributed by atoms with E-state index in [1.165, 1.54) is 18.2 Å². The van der Waals surface area contributed by atoms with Gasteiger partial charge in [0.1, 0.15) is 5.82 Å². The molecule has 21 heavy (non-hydrogen) atoms. The normalized spacial score (nSPS) is 10.2. The van der Waals surface area contributed by atoms with Crippen LogP contribution in [0.4, 0.5) is 14.5 Å². The first kappa shape index (κ1) is 14.6. The van der Waals surface area contributed by atoms with Gasteiger partial charge in [-0.25, -0.2) is 4.39 Å². The minimum absolute atomic E-state index is 0.0421. The van der Waals surface area contributed by atoms with Gasteiger partial charge >= 0.3 is 5.69 Å². The summed E-state index contributed by atoms with van der Waals surface area (Å²) in [5.74, 6) is -2.05. The molecule has 0 aliphatic rings. The number of benzene rings is 2. The van der Waals surface area contributed by atoms with E-state index in [0.717, 1.165) is 18.2 Å². The lowest BCUT2D eigenvalue weighted by Crippen LogP contribution is -2.23. The van der Waals surface area contributed by atoms with Gasteiger partial charge in [0, 0.05) is 18.2 Å². The summed E-state index contributed by atoms with van der Waals surface area (Å²) in [7, 11) is 0. The highest BCUT2D eigenvalue weighted by Gasteiger charge is 2.17. The summed E-state index contributed by atoms with van der Waals surface area (Å²) in [4.78, 5) is 21.5. The Morgan fingerprint density at radius 1 is 1.19 bits per heavy atom. The van der Waals surface area contributed by atoms with Crippen molar-refractivity contribution in [1.82, 2.24) is 5.32 Å². The van der Waals surface area contributed by atoms with Crippen molar-refractivity contribution >= 4 is 11.6 Å².